The second-order valence-corrected chi connectivity index (χ2v) is 7.27. The van der Waals surface area contributed by atoms with Gasteiger partial charge in [-0.05, 0) is 61.3 Å². The smallest absolute Gasteiger partial charge is 0.234 e. The van der Waals surface area contributed by atoms with E-state index >= 15 is 0 Å². The lowest BCUT2D eigenvalue weighted by Crippen LogP contribution is -2.39. The molecule has 0 bridgehead atoms. The second-order valence-electron chi connectivity index (χ2n) is 6.83. The number of nitrogens with one attached hydrogen (secondary N) is 1. The van der Waals surface area contributed by atoms with Crippen LogP contribution in [0.4, 0.5) is 5.69 Å². The SMILES string of the molecule is NC(=O)C1CCCN1Cc1cccc(NC(=O)CCOc2ccc(Cl)cc2)c1. The molecule has 1 heterocycles. The number of primary amides is 1. The van der Waals surface area contributed by atoms with Crippen LogP contribution in [-0.2, 0) is 16.1 Å². The number of nitrogens with two attached hydrogens (primary N) is 1. The Labute approximate surface area is 169 Å². The van der Waals surface area contributed by atoms with Crippen LogP contribution < -0.4 is 15.8 Å². The van der Waals surface area contributed by atoms with Crippen molar-refractivity contribution in [2.75, 3.05) is 18.5 Å². The Morgan fingerprint density at radius 1 is 1.21 bits per heavy atom. The molecule has 3 rings (SSSR count). The molecule has 2 aromatic rings. The predicted molar refractivity (Wildman–Crippen MR) is 109 cm³/mol. The monoisotopic (exact) mass is 401 g/mol. The molecule has 1 atom stereocenters. The summed E-state index contributed by atoms with van der Waals surface area (Å²) in [5.74, 6) is 0.277. The first-order chi connectivity index (χ1) is 13.5. The summed E-state index contributed by atoms with van der Waals surface area (Å²) in [6, 6.07) is 14.5. The zero-order valence-corrected chi connectivity index (χ0v) is 16.3. The summed E-state index contributed by atoms with van der Waals surface area (Å²) in [7, 11) is 0. The Kier molecular flexibility index (Phi) is 6.90. The number of anilines is 1. The van der Waals surface area contributed by atoms with Gasteiger partial charge in [-0.15, -0.1) is 0 Å². The number of hydrogen-bond donors (Lipinski definition) is 2. The molecule has 0 aliphatic carbocycles. The summed E-state index contributed by atoms with van der Waals surface area (Å²) in [4.78, 5) is 25.8. The van der Waals surface area contributed by atoms with E-state index in [4.69, 9.17) is 22.1 Å². The van der Waals surface area contributed by atoms with Gasteiger partial charge in [0, 0.05) is 17.3 Å². The van der Waals surface area contributed by atoms with Crippen molar-refractivity contribution in [1.29, 1.82) is 0 Å². The lowest BCUT2D eigenvalue weighted by molar-refractivity contribution is -0.122. The molecule has 28 heavy (non-hydrogen) atoms. The number of rotatable bonds is 8. The molecule has 0 aromatic heterocycles. The number of carbonyl (C=O) groups excluding carboxylic acids is 2. The highest BCUT2D eigenvalue weighted by atomic mass is 35.5. The van der Waals surface area contributed by atoms with Gasteiger partial charge in [0.1, 0.15) is 5.75 Å². The van der Waals surface area contributed by atoms with E-state index in [1.54, 1.807) is 24.3 Å². The third-order valence-electron chi connectivity index (χ3n) is 4.70. The largest absolute Gasteiger partial charge is 0.493 e. The molecule has 0 saturated carbocycles. The molecule has 7 heteroatoms. The van der Waals surface area contributed by atoms with Crippen LogP contribution in [0.2, 0.25) is 5.02 Å². The standard InChI is InChI=1S/C21H24ClN3O3/c22-16-6-8-18(9-7-16)28-12-10-20(26)24-17-4-1-3-15(13-17)14-25-11-2-5-19(25)21(23)27/h1,3-4,6-9,13,19H,2,5,10-12,14H2,(H2,23,27)(H,24,26). The quantitative estimate of drug-likeness (QED) is 0.711. The molecule has 2 amide bonds. The van der Waals surface area contributed by atoms with Crippen molar-refractivity contribution >= 4 is 29.1 Å². The summed E-state index contributed by atoms with van der Waals surface area (Å²) < 4.78 is 5.55. The third-order valence-corrected chi connectivity index (χ3v) is 4.95. The van der Waals surface area contributed by atoms with Gasteiger partial charge in [0.05, 0.1) is 19.1 Å². The summed E-state index contributed by atoms with van der Waals surface area (Å²) in [6.07, 6.45) is 2.01. The molecular weight excluding hydrogens is 378 g/mol. The molecule has 1 unspecified atom stereocenters. The maximum atomic E-state index is 12.2. The summed E-state index contributed by atoms with van der Waals surface area (Å²) in [5, 5.41) is 3.53. The highest BCUT2D eigenvalue weighted by Crippen LogP contribution is 2.21. The summed E-state index contributed by atoms with van der Waals surface area (Å²) >= 11 is 5.83. The van der Waals surface area contributed by atoms with E-state index in [1.807, 2.05) is 24.3 Å². The lowest BCUT2D eigenvalue weighted by atomic mass is 10.1. The van der Waals surface area contributed by atoms with E-state index in [9.17, 15) is 9.59 Å². The van der Waals surface area contributed by atoms with Crippen LogP contribution in [0.1, 0.15) is 24.8 Å². The van der Waals surface area contributed by atoms with E-state index in [0.29, 0.717) is 17.3 Å². The van der Waals surface area contributed by atoms with Crippen LogP contribution in [0.5, 0.6) is 5.75 Å². The maximum absolute atomic E-state index is 12.2. The van der Waals surface area contributed by atoms with E-state index in [0.717, 1.165) is 30.6 Å². The van der Waals surface area contributed by atoms with E-state index in [2.05, 4.69) is 10.2 Å². The average Bonchev–Trinajstić information content (AvgIpc) is 3.12. The van der Waals surface area contributed by atoms with Crippen molar-refractivity contribution in [3.8, 4) is 5.75 Å². The highest BCUT2D eigenvalue weighted by Gasteiger charge is 2.28. The zero-order chi connectivity index (χ0) is 19.9. The molecule has 6 nitrogen and oxygen atoms in total. The van der Waals surface area contributed by atoms with Crippen LogP contribution >= 0.6 is 11.6 Å². The molecule has 1 saturated heterocycles. The van der Waals surface area contributed by atoms with Crippen molar-refractivity contribution in [2.24, 2.45) is 5.73 Å². The molecule has 3 N–H and O–H groups in total. The van der Waals surface area contributed by atoms with Crippen molar-refractivity contribution in [3.63, 3.8) is 0 Å². The molecule has 1 fully saturated rings. The first-order valence-corrected chi connectivity index (χ1v) is 9.69. The number of hydrogen-bond acceptors (Lipinski definition) is 4. The zero-order valence-electron chi connectivity index (χ0n) is 15.6. The minimum absolute atomic E-state index is 0.123. The molecule has 1 aliphatic rings. The minimum Gasteiger partial charge on any atom is -0.493 e. The van der Waals surface area contributed by atoms with Gasteiger partial charge in [-0.3, -0.25) is 14.5 Å². The van der Waals surface area contributed by atoms with Gasteiger partial charge in [-0.1, -0.05) is 23.7 Å². The molecule has 148 valence electrons. The van der Waals surface area contributed by atoms with Crippen molar-refractivity contribution in [1.82, 2.24) is 4.90 Å². The van der Waals surface area contributed by atoms with Gasteiger partial charge < -0.3 is 15.8 Å². The number of carbonyl (C=O) groups is 2. The maximum Gasteiger partial charge on any atom is 0.234 e. The van der Waals surface area contributed by atoms with E-state index in [-0.39, 0.29) is 30.9 Å². The van der Waals surface area contributed by atoms with Crippen LogP contribution in [0.15, 0.2) is 48.5 Å². The Bertz CT molecular complexity index is 826. The van der Waals surface area contributed by atoms with Gasteiger partial charge in [0.15, 0.2) is 0 Å². The van der Waals surface area contributed by atoms with Crippen LogP contribution in [0.3, 0.4) is 0 Å². The number of ether oxygens (including phenoxy) is 1. The number of benzene rings is 2. The van der Waals surface area contributed by atoms with Crippen molar-refractivity contribution < 1.29 is 14.3 Å². The fourth-order valence-electron chi connectivity index (χ4n) is 3.34. The Morgan fingerprint density at radius 3 is 2.75 bits per heavy atom. The first-order valence-electron chi connectivity index (χ1n) is 9.32. The Hall–Kier alpha value is -2.57. The van der Waals surface area contributed by atoms with Gasteiger partial charge in [-0.2, -0.15) is 0 Å². The molecule has 2 aromatic carbocycles. The fourth-order valence-corrected chi connectivity index (χ4v) is 3.46. The van der Waals surface area contributed by atoms with Crippen molar-refractivity contribution in [2.45, 2.75) is 31.8 Å². The van der Waals surface area contributed by atoms with Crippen LogP contribution in [0.25, 0.3) is 0 Å². The van der Waals surface area contributed by atoms with Crippen LogP contribution in [0, 0.1) is 0 Å². The number of likely N-dealkylation sites (tertiary alicyclic amines) is 1. The normalized spacial score (nSPS) is 16.7. The number of nitrogens with zero attached hydrogens (tertiary/aromatic N) is 1. The van der Waals surface area contributed by atoms with Crippen molar-refractivity contribution in [3.05, 3.63) is 59.1 Å². The fraction of sp³-hybridized carbons (Fsp3) is 0.333. The Balaban J connectivity index is 1.49. The van der Waals surface area contributed by atoms with Gasteiger partial charge in [-0.25, -0.2) is 0 Å². The van der Waals surface area contributed by atoms with Gasteiger partial charge in [0.25, 0.3) is 0 Å². The number of amides is 2. The average molecular weight is 402 g/mol. The first kappa shape index (κ1) is 20.2. The molecule has 1 aliphatic heterocycles. The molecule has 0 spiro atoms. The molecule has 0 radical (unpaired) electrons. The summed E-state index contributed by atoms with van der Waals surface area (Å²) in [6.45, 7) is 1.77. The predicted octanol–water partition coefficient (Wildman–Crippen LogP) is 3.20. The summed E-state index contributed by atoms with van der Waals surface area (Å²) in [5.41, 5.74) is 7.23. The third kappa shape index (κ3) is 5.71. The van der Waals surface area contributed by atoms with Crippen LogP contribution in [-0.4, -0.2) is 35.9 Å². The van der Waals surface area contributed by atoms with Gasteiger partial charge >= 0.3 is 0 Å². The minimum atomic E-state index is -0.275. The van der Waals surface area contributed by atoms with Gasteiger partial charge in [0.2, 0.25) is 11.8 Å². The van der Waals surface area contributed by atoms with E-state index in [1.165, 1.54) is 0 Å². The van der Waals surface area contributed by atoms with E-state index < -0.39 is 0 Å². The lowest BCUT2D eigenvalue weighted by Gasteiger charge is -2.22. The second kappa shape index (κ2) is 9.57. The Morgan fingerprint density at radius 2 is 2.00 bits per heavy atom. The topological polar surface area (TPSA) is 84.7 Å². The molecular formula is C21H24ClN3O3. The number of halogens is 1. The highest BCUT2D eigenvalue weighted by molar-refractivity contribution is 6.30.